The second kappa shape index (κ2) is 5.72. The third kappa shape index (κ3) is 3.04. The fourth-order valence-electron chi connectivity index (χ4n) is 2.22. The molecule has 5 nitrogen and oxygen atoms in total. The van der Waals surface area contributed by atoms with Crippen LogP contribution in [0.1, 0.15) is 17.3 Å². The average molecular weight is 259 g/mol. The quantitative estimate of drug-likeness (QED) is 0.862. The largest absolute Gasteiger partial charge is 0.508 e. The van der Waals surface area contributed by atoms with E-state index in [1.54, 1.807) is 23.1 Å². The van der Waals surface area contributed by atoms with Crippen molar-refractivity contribution in [3.63, 3.8) is 0 Å². The van der Waals surface area contributed by atoms with Crippen molar-refractivity contribution in [3.05, 3.63) is 29.8 Å². The highest BCUT2D eigenvalue weighted by Gasteiger charge is 2.24. The summed E-state index contributed by atoms with van der Waals surface area (Å²) >= 11 is 0. The minimum Gasteiger partial charge on any atom is -0.508 e. The molecule has 0 spiro atoms. The number of aromatic hydroxyl groups is 1. The molecule has 1 aromatic rings. The minimum atomic E-state index is -0.113. The summed E-state index contributed by atoms with van der Waals surface area (Å²) in [5, 5.41) is 18.3. The van der Waals surface area contributed by atoms with Crippen molar-refractivity contribution in [2.45, 2.75) is 13.0 Å². The van der Waals surface area contributed by atoms with E-state index in [0.29, 0.717) is 31.7 Å². The number of carbonyl (C=O) groups excluding carboxylic acids is 1. The van der Waals surface area contributed by atoms with Crippen molar-refractivity contribution >= 4 is 5.91 Å². The van der Waals surface area contributed by atoms with E-state index in [4.69, 9.17) is 5.26 Å². The Morgan fingerprint density at radius 2 is 2.05 bits per heavy atom. The molecule has 1 heterocycles. The van der Waals surface area contributed by atoms with E-state index in [-0.39, 0.29) is 17.7 Å². The molecule has 1 fully saturated rings. The summed E-state index contributed by atoms with van der Waals surface area (Å²) < 4.78 is 0. The summed E-state index contributed by atoms with van der Waals surface area (Å²) in [6.45, 7) is 4.51. The molecule has 1 unspecified atom stereocenters. The second-order valence-corrected chi connectivity index (χ2v) is 4.68. The smallest absolute Gasteiger partial charge is 0.254 e. The zero-order valence-electron chi connectivity index (χ0n) is 10.9. The van der Waals surface area contributed by atoms with Crippen LogP contribution in [0.2, 0.25) is 0 Å². The molecule has 1 amide bonds. The fraction of sp³-hybridized carbons (Fsp3) is 0.429. The first-order valence-corrected chi connectivity index (χ1v) is 6.34. The van der Waals surface area contributed by atoms with Gasteiger partial charge in [-0.25, -0.2) is 0 Å². The first-order chi connectivity index (χ1) is 9.11. The van der Waals surface area contributed by atoms with Gasteiger partial charge in [0, 0.05) is 31.7 Å². The molecule has 1 aliphatic heterocycles. The number of piperazine rings is 1. The first kappa shape index (κ1) is 13.4. The number of rotatable bonds is 2. The maximum Gasteiger partial charge on any atom is 0.254 e. The molecule has 0 radical (unpaired) electrons. The van der Waals surface area contributed by atoms with Gasteiger partial charge in [0.25, 0.3) is 5.91 Å². The van der Waals surface area contributed by atoms with Gasteiger partial charge in [0.05, 0.1) is 12.1 Å². The van der Waals surface area contributed by atoms with Crippen LogP contribution in [0.3, 0.4) is 0 Å². The standard InChI is InChI=1S/C14H17N3O2/c1-11(10-15)16-5-7-17(8-6-16)14(19)12-3-2-4-13(18)9-12/h2-4,9,11,18H,5-8H2,1H3. The number of benzene rings is 1. The van der Waals surface area contributed by atoms with E-state index in [1.165, 1.54) is 6.07 Å². The lowest BCUT2D eigenvalue weighted by Gasteiger charge is -2.35. The maximum absolute atomic E-state index is 12.2. The van der Waals surface area contributed by atoms with Crippen LogP contribution < -0.4 is 0 Å². The minimum absolute atomic E-state index is 0.0693. The number of amides is 1. The van der Waals surface area contributed by atoms with Gasteiger partial charge >= 0.3 is 0 Å². The highest BCUT2D eigenvalue weighted by molar-refractivity contribution is 5.94. The van der Waals surface area contributed by atoms with Gasteiger partial charge in [-0.05, 0) is 25.1 Å². The third-order valence-electron chi connectivity index (χ3n) is 3.43. The van der Waals surface area contributed by atoms with Gasteiger partial charge in [0.1, 0.15) is 5.75 Å². The van der Waals surface area contributed by atoms with Gasteiger partial charge in [-0.3, -0.25) is 9.69 Å². The lowest BCUT2D eigenvalue weighted by atomic mass is 10.1. The molecule has 1 aromatic carbocycles. The zero-order chi connectivity index (χ0) is 13.8. The highest BCUT2D eigenvalue weighted by Crippen LogP contribution is 2.15. The van der Waals surface area contributed by atoms with Crippen molar-refractivity contribution in [1.82, 2.24) is 9.80 Å². The molecule has 19 heavy (non-hydrogen) atoms. The monoisotopic (exact) mass is 259 g/mol. The van der Waals surface area contributed by atoms with Crippen LogP contribution in [-0.2, 0) is 0 Å². The van der Waals surface area contributed by atoms with E-state index in [9.17, 15) is 9.90 Å². The first-order valence-electron chi connectivity index (χ1n) is 6.34. The SMILES string of the molecule is CC(C#N)N1CCN(C(=O)c2cccc(O)c2)CC1. The predicted molar refractivity (Wildman–Crippen MR) is 70.7 cm³/mol. The van der Waals surface area contributed by atoms with Gasteiger partial charge in [0.2, 0.25) is 0 Å². The number of carbonyl (C=O) groups is 1. The summed E-state index contributed by atoms with van der Waals surface area (Å²) in [6, 6.07) is 8.48. The lowest BCUT2D eigenvalue weighted by molar-refractivity contribution is 0.0615. The van der Waals surface area contributed by atoms with Crippen LogP contribution in [0.25, 0.3) is 0 Å². The Morgan fingerprint density at radius 3 is 2.63 bits per heavy atom. The highest BCUT2D eigenvalue weighted by atomic mass is 16.3. The van der Waals surface area contributed by atoms with Crippen LogP contribution >= 0.6 is 0 Å². The number of nitriles is 1. The van der Waals surface area contributed by atoms with Crippen molar-refractivity contribution < 1.29 is 9.90 Å². The molecule has 2 rings (SSSR count). The Hall–Kier alpha value is -2.06. The van der Waals surface area contributed by atoms with Gasteiger partial charge in [-0.15, -0.1) is 0 Å². The molecule has 1 saturated heterocycles. The number of nitrogens with zero attached hydrogens (tertiary/aromatic N) is 3. The van der Waals surface area contributed by atoms with Crippen molar-refractivity contribution in [3.8, 4) is 11.8 Å². The topological polar surface area (TPSA) is 67.6 Å². The molecular weight excluding hydrogens is 242 g/mol. The Kier molecular flexibility index (Phi) is 4.03. The summed E-state index contributed by atoms with van der Waals surface area (Å²) in [6.07, 6.45) is 0. The summed E-state index contributed by atoms with van der Waals surface area (Å²) in [7, 11) is 0. The van der Waals surface area contributed by atoms with E-state index >= 15 is 0 Å². The van der Waals surface area contributed by atoms with Gasteiger partial charge < -0.3 is 10.0 Å². The zero-order valence-corrected chi connectivity index (χ0v) is 10.9. The van der Waals surface area contributed by atoms with Crippen LogP contribution in [0.4, 0.5) is 0 Å². The van der Waals surface area contributed by atoms with Crippen molar-refractivity contribution in [2.24, 2.45) is 0 Å². The number of phenolic OH excluding ortho intramolecular Hbond substituents is 1. The van der Waals surface area contributed by atoms with E-state index in [2.05, 4.69) is 11.0 Å². The molecule has 1 aliphatic rings. The Bertz CT molecular complexity index is 502. The lowest BCUT2D eigenvalue weighted by Crippen LogP contribution is -2.51. The van der Waals surface area contributed by atoms with E-state index < -0.39 is 0 Å². The van der Waals surface area contributed by atoms with Gasteiger partial charge in [-0.1, -0.05) is 6.07 Å². The van der Waals surface area contributed by atoms with Crippen molar-refractivity contribution in [1.29, 1.82) is 5.26 Å². The third-order valence-corrected chi connectivity index (χ3v) is 3.43. The summed E-state index contributed by atoms with van der Waals surface area (Å²) in [4.78, 5) is 16.1. The number of hydrogen-bond donors (Lipinski definition) is 1. The fourth-order valence-corrected chi connectivity index (χ4v) is 2.22. The maximum atomic E-state index is 12.2. The number of phenols is 1. The van der Waals surface area contributed by atoms with Crippen LogP contribution in [0.5, 0.6) is 5.75 Å². The predicted octanol–water partition coefficient (Wildman–Crippen LogP) is 1.06. The van der Waals surface area contributed by atoms with Gasteiger partial charge in [-0.2, -0.15) is 5.26 Å². The van der Waals surface area contributed by atoms with E-state index in [1.807, 2.05) is 6.92 Å². The molecule has 0 saturated carbocycles. The molecule has 0 aliphatic carbocycles. The average Bonchev–Trinajstić information content (AvgIpc) is 2.46. The summed E-state index contributed by atoms with van der Waals surface area (Å²) in [5.41, 5.74) is 0.502. The van der Waals surface area contributed by atoms with Crippen LogP contribution in [0, 0.1) is 11.3 Å². The Labute approximate surface area is 112 Å². The summed E-state index contributed by atoms with van der Waals surface area (Å²) in [5.74, 6) is 0.0303. The molecular formula is C14H17N3O2. The van der Waals surface area contributed by atoms with Crippen LogP contribution in [-0.4, -0.2) is 53.0 Å². The second-order valence-electron chi connectivity index (χ2n) is 4.68. The Morgan fingerprint density at radius 1 is 1.37 bits per heavy atom. The molecule has 1 atom stereocenters. The number of hydrogen-bond acceptors (Lipinski definition) is 4. The Balaban J connectivity index is 1.98. The molecule has 0 bridgehead atoms. The van der Waals surface area contributed by atoms with Crippen molar-refractivity contribution in [2.75, 3.05) is 26.2 Å². The molecule has 0 aromatic heterocycles. The molecule has 1 N–H and O–H groups in total. The van der Waals surface area contributed by atoms with Gasteiger partial charge in [0.15, 0.2) is 0 Å². The van der Waals surface area contributed by atoms with Crippen LogP contribution in [0.15, 0.2) is 24.3 Å². The molecule has 5 heteroatoms. The molecule has 100 valence electrons. The normalized spacial score (nSPS) is 17.8. The van der Waals surface area contributed by atoms with E-state index in [0.717, 1.165) is 0 Å².